The highest BCUT2D eigenvalue weighted by Crippen LogP contribution is 2.63. The highest BCUT2D eigenvalue weighted by atomic mass is 16.4. The molecule has 5 unspecified atom stereocenters. The Morgan fingerprint density at radius 3 is 2.59 bits per heavy atom. The van der Waals surface area contributed by atoms with Gasteiger partial charge in [0.05, 0.1) is 5.41 Å². The molecular weight excluding hydrogens is 272 g/mol. The maximum atomic E-state index is 12.0. The molecule has 22 heavy (non-hydrogen) atoms. The van der Waals surface area contributed by atoms with Crippen LogP contribution in [0.4, 0.5) is 0 Å². The summed E-state index contributed by atoms with van der Waals surface area (Å²) in [6.07, 6.45) is 10.5. The van der Waals surface area contributed by atoms with Crippen molar-refractivity contribution in [1.82, 2.24) is 0 Å². The van der Waals surface area contributed by atoms with Crippen LogP contribution in [0.2, 0.25) is 0 Å². The Morgan fingerprint density at radius 2 is 1.95 bits per heavy atom. The molecular formula is C20H32O2. The van der Waals surface area contributed by atoms with E-state index in [1.54, 1.807) is 5.57 Å². The van der Waals surface area contributed by atoms with Crippen LogP contribution in [0.1, 0.15) is 72.6 Å². The summed E-state index contributed by atoms with van der Waals surface area (Å²) in [6.45, 7) is 9.09. The Bertz CT molecular complexity index is 492. The molecule has 2 heteroatoms. The van der Waals surface area contributed by atoms with Crippen LogP contribution in [0.5, 0.6) is 0 Å². The quantitative estimate of drug-likeness (QED) is 0.704. The molecule has 3 rings (SSSR count). The van der Waals surface area contributed by atoms with E-state index in [9.17, 15) is 9.90 Å². The van der Waals surface area contributed by atoms with Gasteiger partial charge in [-0.05, 0) is 74.5 Å². The lowest BCUT2D eigenvalue weighted by atomic mass is 9.45. The first-order chi connectivity index (χ1) is 10.3. The van der Waals surface area contributed by atoms with Crippen LogP contribution >= 0.6 is 0 Å². The maximum Gasteiger partial charge on any atom is 0.309 e. The van der Waals surface area contributed by atoms with E-state index in [0.717, 1.165) is 37.5 Å². The summed E-state index contributed by atoms with van der Waals surface area (Å²) in [5.41, 5.74) is 1.36. The lowest BCUT2D eigenvalue weighted by molar-refractivity contribution is -0.164. The molecule has 5 atom stereocenters. The summed E-state index contributed by atoms with van der Waals surface area (Å²) >= 11 is 0. The standard InChI is InChI=1S/C20H32O2/c1-13(2)14-6-8-16-15(12-14)7-9-17-19(16,3)10-5-11-20(17,4)18(21)22/h12-14,16-17H,5-11H2,1-4H3,(H,21,22). The average Bonchev–Trinajstić information content (AvgIpc) is 2.46. The Hall–Kier alpha value is -0.790. The van der Waals surface area contributed by atoms with Crippen molar-refractivity contribution >= 4 is 5.97 Å². The molecule has 0 radical (unpaired) electrons. The molecule has 0 bridgehead atoms. The van der Waals surface area contributed by atoms with E-state index in [0.29, 0.717) is 11.8 Å². The van der Waals surface area contributed by atoms with Crippen LogP contribution in [0.15, 0.2) is 11.6 Å². The monoisotopic (exact) mass is 304 g/mol. The van der Waals surface area contributed by atoms with E-state index < -0.39 is 11.4 Å². The highest BCUT2D eigenvalue weighted by molar-refractivity contribution is 5.75. The van der Waals surface area contributed by atoms with Crippen LogP contribution in [0.3, 0.4) is 0 Å². The first kappa shape index (κ1) is 16.1. The number of carbonyl (C=O) groups is 1. The summed E-state index contributed by atoms with van der Waals surface area (Å²) in [7, 11) is 0. The summed E-state index contributed by atoms with van der Waals surface area (Å²) in [4.78, 5) is 12.0. The molecule has 0 aromatic carbocycles. The lowest BCUT2D eigenvalue weighted by Gasteiger charge is -2.58. The van der Waals surface area contributed by atoms with Gasteiger partial charge in [0.25, 0.3) is 0 Å². The average molecular weight is 304 g/mol. The molecule has 0 aromatic heterocycles. The highest BCUT2D eigenvalue weighted by Gasteiger charge is 2.58. The van der Waals surface area contributed by atoms with Crippen molar-refractivity contribution in [3.63, 3.8) is 0 Å². The topological polar surface area (TPSA) is 37.3 Å². The number of rotatable bonds is 2. The Kier molecular flexibility index (Phi) is 3.94. The minimum absolute atomic E-state index is 0.206. The number of allylic oxidation sites excluding steroid dienone is 2. The number of fused-ring (bicyclic) bond motifs is 3. The normalized spacial score (nSPS) is 45.0. The van der Waals surface area contributed by atoms with Crippen molar-refractivity contribution in [2.45, 2.75) is 72.6 Å². The third-order valence-corrected chi connectivity index (χ3v) is 7.50. The second-order valence-electron chi connectivity index (χ2n) is 8.95. The number of hydrogen-bond donors (Lipinski definition) is 1. The van der Waals surface area contributed by atoms with Crippen molar-refractivity contribution in [3.8, 4) is 0 Å². The molecule has 124 valence electrons. The lowest BCUT2D eigenvalue weighted by Crippen LogP contribution is -2.54. The third-order valence-electron chi connectivity index (χ3n) is 7.50. The zero-order valence-electron chi connectivity index (χ0n) is 14.7. The maximum absolute atomic E-state index is 12.0. The SMILES string of the molecule is CC(C)C1C=C2CCC3C(C)(C(=O)O)CCCC3(C)C2CC1. The van der Waals surface area contributed by atoms with Crippen LogP contribution in [0, 0.1) is 34.5 Å². The van der Waals surface area contributed by atoms with Crippen molar-refractivity contribution < 1.29 is 9.90 Å². The van der Waals surface area contributed by atoms with Gasteiger partial charge in [-0.2, -0.15) is 0 Å². The van der Waals surface area contributed by atoms with Crippen LogP contribution in [-0.2, 0) is 4.79 Å². The van der Waals surface area contributed by atoms with Crippen molar-refractivity contribution in [1.29, 1.82) is 0 Å². The smallest absolute Gasteiger partial charge is 0.309 e. The Labute approximate surface area is 135 Å². The molecule has 2 nitrogen and oxygen atoms in total. The number of hydrogen-bond acceptors (Lipinski definition) is 1. The second kappa shape index (κ2) is 5.39. The van der Waals surface area contributed by atoms with Crippen LogP contribution in [-0.4, -0.2) is 11.1 Å². The number of carboxylic acid groups (broad SMARTS) is 1. The summed E-state index contributed by atoms with van der Waals surface area (Å²) in [5, 5.41) is 9.85. The number of carboxylic acids is 1. The van der Waals surface area contributed by atoms with Crippen LogP contribution in [0.25, 0.3) is 0 Å². The fraction of sp³-hybridized carbons (Fsp3) is 0.850. The van der Waals surface area contributed by atoms with Gasteiger partial charge in [-0.15, -0.1) is 0 Å². The number of aliphatic carboxylic acids is 1. The van der Waals surface area contributed by atoms with Gasteiger partial charge in [0.15, 0.2) is 0 Å². The molecule has 0 aliphatic heterocycles. The zero-order valence-corrected chi connectivity index (χ0v) is 14.7. The fourth-order valence-electron chi connectivity index (χ4n) is 6.10. The third kappa shape index (κ3) is 2.25. The van der Waals surface area contributed by atoms with Crippen molar-refractivity contribution in [3.05, 3.63) is 11.6 Å². The van der Waals surface area contributed by atoms with Gasteiger partial charge in [0.2, 0.25) is 0 Å². The predicted molar refractivity (Wildman–Crippen MR) is 89.6 cm³/mol. The van der Waals surface area contributed by atoms with E-state index in [1.165, 1.54) is 19.3 Å². The second-order valence-corrected chi connectivity index (χ2v) is 8.95. The minimum Gasteiger partial charge on any atom is -0.481 e. The van der Waals surface area contributed by atoms with E-state index in [2.05, 4.69) is 26.8 Å². The van der Waals surface area contributed by atoms with Gasteiger partial charge < -0.3 is 5.11 Å². The van der Waals surface area contributed by atoms with Gasteiger partial charge in [-0.3, -0.25) is 4.79 Å². The van der Waals surface area contributed by atoms with Gasteiger partial charge in [0.1, 0.15) is 0 Å². The molecule has 0 heterocycles. The largest absolute Gasteiger partial charge is 0.481 e. The molecule has 3 aliphatic carbocycles. The molecule has 2 fully saturated rings. The predicted octanol–water partition coefficient (Wildman–Crippen LogP) is 5.29. The zero-order chi connectivity index (χ0) is 16.1. The van der Waals surface area contributed by atoms with Crippen molar-refractivity contribution in [2.75, 3.05) is 0 Å². The van der Waals surface area contributed by atoms with Crippen molar-refractivity contribution in [2.24, 2.45) is 34.5 Å². The first-order valence-corrected chi connectivity index (χ1v) is 9.23. The first-order valence-electron chi connectivity index (χ1n) is 9.23. The molecule has 0 spiro atoms. The summed E-state index contributed by atoms with van der Waals surface area (Å²) in [5.74, 6) is 1.89. The van der Waals surface area contributed by atoms with Crippen LogP contribution < -0.4 is 0 Å². The molecule has 0 saturated heterocycles. The molecule has 1 N–H and O–H groups in total. The van der Waals surface area contributed by atoms with Gasteiger partial charge in [0, 0.05) is 0 Å². The van der Waals surface area contributed by atoms with Gasteiger partial charge in [-0.1, -0.05) is 38.8 Å². The summed E-state index contributed by atoms with van der Waals surface area (Å²) in [6, 6.07) is 0. The summed E-state index contributed by atoms with van der Waals surface area (Å²) < 4.78 is 0. The molecule has 0 amide bonds. The van der Waals surface area contributed by atoms with E-state index in [4.69, 9.17) is 0 Å². The molecule has 2 saturated carbocycles. The molecule has 3 aliphatic rings. The molecule has 0 aromatic rings. The van der Waals surface area contributed by atoms with E-state index >= 15 is 0 Å². The van der Waals surface area contributed by atoms with E-state index in [1.807, 2.05) is 6.92 Å². The minimum atomic E-state index is -0.563. The van der Waals surface area contributed by atoms with Gasteiger partial charge in [-0.25, -0.2) is 0 Å². The fourth-order valence-corrected chi connectivity index (χ4v) is 6.10. The Balaban J connectivity index is 1.94. The van der Waals surface area contributed by atoms with Gasteiger partial charge >= 0.3 is 5.97 Å². The Morgan fingerprint density at radius 1 is 1.23 bits per heavy atom. The van der Waals surface area contributed by atoms with E-state index in [-0.39, 0.29) is 5.41 Å².